The fraction of sp³-hybridized carbons (Fsp3) is 0.652. The van der Waals surface area contributed by atoms with Crippen LogP contribution < -0.4 is 22.1 Å². The summed E-state index contributed by atoms with van der Waals surface area (Å²) in [5.74, 6) is -2.67. The van der Waals surface area contributed by atoms with Crippen molar-refractivity contribution in [3.05, 3.63) is 16.9 Å². The summed E-state index contributed by atoms with van der Waals surface area (Å²) in [5.41, 5.74) is 10.9. The number of amides is 3. The second kappa shape index (κ2) is 11.0. The number of tetrazole rings is 1. The van der Waals surface area contributed by atoms with Crippen molar-refractivity contribution < 1.29 is 24.3 Å². The number of carbonyl (C=O) groups is 4. The molecule has 0 aromatic carbocycles. The summed E-state index contributed by atoms with van der Waals surface area (Å²) in [7, 11) is 0. The Morgan fingerprint density at radius 2 is 2.12 bits per heavy atom. The Bertz CT molecular complexity index is 1250. The van der Waals surface area contributed by atoms with Gasteiger partial charge in [0.2, 0.25) is 17.7 Å². The highest BCUT2D eigenvalue weighted by atomic mass is 32.2. The lowest BCUT2D eigenvalue weighted by Gasteiger charge is -2.47. The standard InChI is InChI=1S/C23H33N11O5S/c1-10-17-16(11(2)28-15(35)8-33-9-27-30-31-33)21(37)34(17)18(22(38)39)19(10)40-13-5-14(26-6-13)20(36)32-4-3-12(7-32)29-23(24)25/h9-14,16-17,26H,3-8H2,1-2H3,(H,28,35)(H,38,39)(H4,24,25,29)/t10-,11?,12?,13+,14+,16-,17-/m1/s1. The van der Waals surface area contributed by atoms with Gasteiger partial charge in [-0.1, -0.05) is 6.92 Å². The third-order valence-corrected chi connectivity index (χ3v) is 9.42. The van der Waals surface area contributed by atoms with Gasteiger partial charge in [0, 0.05) is 41.7 Å². The number of rotatable bonds is 9. The number of hydrogen-bond donors (Lipinski definition) is 5. The van der Waals surface area contributed by atoms with Gasteiger partial charge in [-0.2, -0.15) is 0 Å². The Balaban J connectivity index is 1.21. The van der Waals surface area contributed by atoms with Gasteiger partial charge in [-0.05, 0) is 30.2 Å². The maximum atomic E-state index is 13.2. The van der Waals surface area contributed by atoms with E-state index in [2.05, 4.69) is 31.2 Å². The van der Waals surface area contributed by atoms with Crippen LogP contribution in [-0.2, 0) is 25.7 Å². The first kappa shape index (κ1) is 27.8. The highest BCUT2D eigenvalue weighted by molar-refractivity contribution is 8.03. The summed E-state index contributed by atoms with van der Waals surface area (Å²) in [6.07, 6.45) is 2.54. The molecule has 7 N–H and O–H groups in total. The molecular weight excluding hydrogens is 542 g/mol. The average molecular weight is 576 g/mol. The number of guanidine groups is 1. The highest BCUT2D eigenvalue weighted by Crippen LogP contribution is 2.51. The van der Waals surface area contributed by atoms with Gasteiger partial charge in [0.15, 0.2) is 5.96 Å². The maximum Gasteiger partial charge on any atom is 0.353 e. The lowest BCUT2D eigenvalue weighted by atomic mass is 9.78. The molecule has 3 fully saturated rings. The molecule has 17 heteroatoms. The van der Waals surface area contributed by atoms with Crippen LogP contribution in [0.15, 0.2) is 21.9 Å². The van der Waals surface area contributed by atoms with Crippen LogP contribution in [0.3, 0.4) is 0 Å². The number of likely N-dealkylation sites (tertiary alicyclic amines) is 1. The normalized spacial score (nSPS) is 30.2. The highest BCUT2D eigenvalue weighted by Gasteiger charge is 2.60. The first-order valence-electron chi connectivity index (χ1n) is 13.1. The molecule has 7 atom stereocenters. The van der Waals surface area contributed by atoms with Crippen molar-refractivity contribution in [2.45, 2.75) is 62.7 Å². The number of β-lactam (4-membered cyclic amide) rings is 1. The maximum absolute atomic E-state index is 13.2. The Kier molecular flexibility index (Phi) is 7.67. The zero-order valence-corrected chi connectivity index (χ0v) is 23.0. The Hall–Kier alpha value is -3.73. The Morgan fingerprint density at radius 1 is 1.35 bits per heavy atom. The molecule has 1 aromatic rings. The van der Waals surface area contributed by atoms with Crippen LogP contribution in [-0.4, -0.2) is 114 Å². The molecule has 5 rings (SSSR count). The molecule has 0 bridgehead atoms. The summed E-state index contributed by atoms with van der Waals surface area (Å²) >= 11 is 1.42. The van der Waals surface area contributed by atoms with E-state index in [1.54, 1.807) is 11.8 Å². The molecule has 4 aliphatic rings. The van der Waals surface area contributed by atoms with E-state index in [1.165, 1.54) is 27.7 Å². The number of nitrogens with one attached hydrogen (secondary N) is 2. The predicted octanol–water partition coefficient (Wildman–Crippen LogP) is -2.71. The number of fused-ring (bicyclic) bond motifs is 1. The van der Waals surface area contributed by atoms with Crippen molar-refractivity contribution in [1.29, 1.82) is 0 Å². The smallest absolute Gasteiger partial charge is 0.353 e. The zero-order chi connectivity index (χ0) is 28.7. The van der Waals surface area contributed by atoms with Crippen LogP contribution in [0.5, 0.6) is 0 Å². The van der Waals surface area contributed by atoms with Crippen molar-refractivity contribution in [3.8, 4) is 0 Å². The van der Waals surface area contributed by atoms with Gasteiger partial charge in [0.25, 0.3) is 0 Å². The number of nitrogens with two attached hydrogens (primary N) is 2. The van der Waals surface area contributed by atoms with Gasteiger partial charge in [-0.25, -0.2) is 14.5 Å². The fourth-order valence-electron chi connectivity index (χ4n) is 6.13. The average Bonchev–Trinajstić information content (AvgIpc) is 3.67. The van der Waals surface area contributed by atoms with Crippen LogP contribution >= 0.6 is 11.8 Å². The third-order valence-electron chi connectivity index (χ3n) is 7.90. The fourth-order valence-corrected chi connectivity index (χ4v) is 7.60. The molecule has 0 saturated carbocycles. The summed E-state index contributed by atoms with van der Waals surface area (Å²) in [5, 5.41) is 26.7. The van der Waals surface area contributed by atoms with Crippen molar-refractivity contribution in [2.24, 2.45) is 28.3 Å². The Morgan fingerprint density at radius 3 is 2.80 bits per heavy atom. The monoisotopic (exact) mass is 575 g/mol. The second-order valence-electron chi connectivity index (χ2n) is 10.6. The number of carbonyl (C=O) groups excluding carboxylic acids is 3. The number of aliphatic imine (C=N–C) groups is 1. The minimum absolute atomic E-state index is 0.00878. The van der Waals surface area contributed by atoms with E-state index in [0.717, 1.165) is 0 Å². The van der Waals surface area contributed by atoms with Crippen molar-refractivity contribution in [1.82, 2.24) is 40.6 Å². The van der Waals surface area contributed by atoms with E-state index in [-0.39, 0.29) is 65.2 Å². The Labute approximate surface area is 233 Å². The van der Waals surface area contributed by atoms with E-state index in [1.807, 2.05) is 6.92 Å². The number of carboxylic acid groups (broad SMARTS) is 1. The number of hydrogen-bond acceptors (Lipinski definition) is 10. The van der Waals surface area contributed by atoms with Crippen LogP contribution in [0.2, 0.25) is 0 Å². The molecule has 2 unspecified atom stereocenters. The van der Waals surface area contributed by atoms with Crippen LogP contribution in [0.4, 0.5) is 0 Å². The minimum atomic E-state index is -1.17. The molecule has 0 aliphatic carbocycles. The molecule has 1 aromatic heterocycles. The van der Waals surface area contributed by atoms with E-state index in [4.69, 9.17) is 11.5 Å². The van der Waals surface area contributed by atoms with Crippen molar-refractivity contribution in [3.63, 3.8) is 0 Å². The van der Waals surface area contributed by atoms with Crippen molar-refractivity contribution >= 4 is 41.4 Å². The number of aromatic nitrogens is 4. The van der Waals surface area contributed by atoms with Crippen LogP contribution in [0.1, 0.15) is 26.7 Å². The van der Waals surface area contributed by atoms with Crippen LogP contribution in [0, 0.1) is 11.8 Å². The van der Waals surface area contributed by atoms with E-state index < -0.39 is 17.9 Å². The minimum Gasteiger partial charge on any atom is -0.477 e. The van der Waals surface area contributed by atoms with Crippen molar-refractivity contribution in [2.75, 3.05) is 19.6 Å². The largest absolute Gasteiger partial charge is 0.477 e. The van der Waals surface area contributed by atoms with Gasteiger partial charge in [0.05, 0.1) is 24.0 Å². The topological polar surface area (TPSA) is 227 Å². The number of thioether (sulfide) groups is 1. The lowest BCUT2D eigenvalue weighted by Crippen LogP contribution is -2.66. The van der Waals surface area contributed by atoms with Gasteiger partial charge >= 0.3 is 5.97 Å². The zero-order valence-electron chi connectivity index (χ0n) is 22.1. The first-order valence-corrected chi connectivity index (χ1v) is 14.0. The lowest BCUT2D eigenvalue weighted by molar-refractivity contribution is -0.158. The third kappa shape index (κ3) is 5.22. The van der Waals surface area contributed by atoms with Gasteiger partial charge < -0.3 is 37.0 Å². The first-order chi connectivity index (χ1) is 19.0. The van der Waals surface area contributed by atoms with Gasteiger partial charge in [-0.3, -0.25) is 14.4 Å². The molecule has 40 heavy (non-hydrogen) atoms. The summed E-state index contributed by atoms with van der Waals surface area (Å²) in [4.78, 5) is 58.9. The molecule has 216 valence electrons. The van der Waals surface area contributed by atoms with Gasteiger partial charge in [0.1, 0.15) is 18.6 Å². The molecule has 16 nitrogen and oxygen atoms in total. The van der Waals surface area contributed by atoms with Gasteiger partial charge in [-0.15, -0.1) is 16.9 Å². The van der Waals surface area contributed by atoms with Crippen LogP contribution in [0.25, 0.3) is 0 Å². The molecule has 5 heterocycles. The number of carboxylic acids is 1. The summed E-state index contributed by atoms with van der Waals surface area (Å²) < 4.78 is 1.27. The quantitative estimate of drug-likeness (QED) is 0.115. The molecule has 4 aliphatic heterocycles. The molecule has 0 radical (unpaired) electrons. The summed E-state index contributed by atoms with van der Waals surface area (Å²) in [6.45, 7) is 5.12. The molecular formula is C23H33N11O5S. The van der Waals surface area contributed by atoms with E-state index in [0.29, 0.717) is 37.4 Å². The molecule has 3 saturated heterocycles. The molecule has 0 spiro atoms. The van der Waals surface area contributed by atoms with E-state index >= 15 is 0 Å². The number of nitrogens with zero attached hydrogens (tertiary/aromatic N) is 7. The predicted molar refractivity (Wildman–Crippen MR) is 142 cm³/mol. The second-order valence-corrected chi connectivity index (χ2v) is 12.0. The van der Waals surface area contributed by atoms with E-state index in [9.17, 15) is 24.3 Å². The summed E-state index contributed by atoms with van der Waals surface area (Å²) in [6, 6.07) is -1.39. The number of aliphatic carboxylic acids is 1. The molecule has 3 amide bonds. The SMILES string of the molecule is CC(NC(=O)Cn1cnnn1)[C@H]1C(=O)N2C(C(=O)O)=C(S[C@@H]3CN[C@H](C(=O)N4CCC(N=C(N)N)C4)C3)[C@H](C)[C@H]12.